The fourth-order valence-corrected chi connectivity index (χ4v) is 1.79. The summed E-state index contributed by atoms with van der Waals surface area (Å²) in [4.78, 5) is 24.4. The molecule has 1 fully saturated rings. The molecular formula is C11H20N2O4. The Hall–Kier alpha value is -1.30. The maximum Gasteiger partial charge on any atom is 0.336 e. The highest BCUT2D eigenvalue weighted by Crippen LogP contribution is 2.09. The molecule has 1 aliphatic heterocycles. The van der Waals surface area contributed by atoms with Gasteiger partial charge in [0.2, 0.25) is 0 Å². The topological polar surface area (TPSA) is 78.9 Å². The number of esters is 1. The molecule has 1 unspecified atom stereocenters. The van der Waals surface area contributed by atoms with Crippen molar-refractivity contribution in [3.05, 3.63) is 0 Å². The molecule has 2 amide bonds. The van der Waals surface area contributed by atoms with Crippen LogP contribution in [0.3, 0.4) is 0 Å². The number of methoxy groups -OCH3 is 1. The molecule has 0 aromatic rings. The van der Waals surface area contributed by atoms with Gasteiger partial charge in [-0.2, -0.15) is 0 Å². The molecule has 0 saturated carbocycles. The van der Waals surface area contributed by atoms with Crippen LogP contribution in [0, 0.1) is 0 Å². The number of ether oxygens (including phenoxy) is 1. The summed E-state index contributed by atoms with van der Waals surface area (Å²) in [6, 6.07) is -0.227. The molecule has 0 bridgehead atoms. The second-order valence-corrected chi connectivity index (χ2v) is 4.13. The number of carbonyl (C=O) groups excluding carboxylic acids is 2. The summed E-state index contributed by atoms with van der Waals surface area (Å²) >= 11 is 0. The van der Waals surface area contributed by atoms with Crippen LogP contribution in [0.15, 0.2) is 0 Å². The van der Waals surface area contributed by atoms with Crippen molar-refractivity contribution in [3.63, 3.8) is 0 Å². The lowest BCUT2D eigenvalue weighted by Crippen LogP contribution is -2.45. The smallest absolute Gasteiger partial charge is 0.336 e. The third-order valence-corrected chi connectivity index (χ3v) is 2.81. The van der Waals surface area contributed by atoms with E-state index in [-0.39, 0.29) is 12.6 Å². The minimum absolute atomic E-state index is 0.109. The molecule has 0 radical (unpaired) electrons. The van der Waals surface area contributed by atoms with Gasteiger partial charge in [0.05, 0.1) is 13.7 Å². The van der Waals surface area contributed by atoms with Crippen molar-refractivity contribution in [3.8, 4) is 0 Å². The fourth-order valence-electron chi connectivity index (χ4n) is 1.79. The third kappa shape index (κ3) is 4.60. The number of amides is 2. The first-order chi connectivity index (χ1) is 8.15. The minimum atomic E-state index is -1.30. The second kappa shape index (κ2) is 7.11. The summed E-state index contributed by atoms with van der Waals surface area (Å²) < 4.78 is 4.36. The number of rotatable bonds is 3. The molecule has 0 aliphatic carbocycles. The van der Waals surface area contributed by atoms with E-state index in [1.54, 1.807) is 4.90 Å². The standard InChI is InChI=1S/C11H20N2O4/c1-17-10(15)9(14)8-12-11(16)13-6-4-2-3-5-7-13/h9,14H,2-8H2,1H3,(H,12,16). The number of nitrogens with one attached hydrogen (secondary N) is 1. The first kappa shape index (κ1) is 13.8. The third-order valence-electron chi connectivity index (χ3n) is 2.81. The zero-order valence-electron chi connectivity index (χ0n) is 10.1. The Morgan fingerprint density at radius 3 is 2.41 bits per heavy atom. The Labute approximate surface area is 101 Å². The van der Waals surface area contributed by atoms with Gasteiger partial charge in [0.15, 0.2) is 6.10 Å². The van der Waals surface area contributed by atoms with Crippen LogP contribution in [-0.2, 0) is 9.53 Å². The molecule has 1 saturated heterocycles. The summed E-state index contributed by atoms with van der Waals surface area (Å²) in [6.07, 6.45) is 3.01. The molecule has 98 valence electrons. The number of aliphatic hydroxyl groups is 1. The predicted octanol–water partition coefficient (Wildman–Crippen LogP) is 0.106. The average Bonchev–Trinajstić information content (AvgIpc) is 2.63. The van der Waals surface area contributed by atoms with Crippen molar-refractivity contribution < 1.29 is 19.4 Å². The fraction of sp³-hybridized carbons (Fsp3) is 0.818. The lowest BCUT2D eigenvalue weighted by molar-refractivity contribution is -0.149. The Kier molecular flexibility index (Phi) is 5.76. The highest BCUT2D eigenvalue weighted by molar-refractivity contribution is 5.77. The van der Waals surface area contributed by atoms with Crippen molar-refractivity contribution in [2.45, 2.75) is 31.8 Å². The van der Waals surface area contributed by atoms with Crippen LogP contribution in [0.25, 0.3) is 0 Å². The minimum Gasteiger partial charge on any atom is -0.467 e. The van der Waals surface area contributed by atoms with Gasteiger partial charge >= 0.3 is 12.0 Å². The molecule has 1 aliphatic rings. The van der Waals surface area contributed by atoms with E-state index < -0.39 is 12.1 Å². The number of urea groups is 1. The number of hydrogen-bond donors (Lipinski definition) is 2. The van der Waals surface area contributed by atoms with E-state index in [2.05, 4.69) is 10.1 Å². The summed E-state index contributed by atoms with van der Waals surface area (Å²) in [5.74, 6) is -0.735. The zero-order valence-corrected chi connectivity index (χ0v) is 10.1. The number of carbonyl (C=O) groups is 2. The van der Waals surface area contributed by atoms with Crippen LogP contribution < -0.4 is 5.32 Å². The lowest BCUT2D eigenvalue weighted by atomic mass is 10.2. The summed E-state index contributed by atoms with van der Waals surface area (Å²) in [5.41, 5.74) is 0. The van der Waals surface area contributed by atoms with Gasteiger partial charge in [-0.05, 0) is 12.8 Å². The van der Waals surface area contributed by atoms with Gasteiger partial charge in [0.1, 0.15) is 0 Å². The summed E-state index contributed by atoms with van der Waals surface area (Å²) in [5, 5.41) is 11.8. The Bertz CT molecular complexity index is 262. The molecule has 0 spiro atoms. The molecule has 1 rings (SSSR count). The predicted molar refractivity (Wildman–Crippen MR) is 61.5 cm³/mol. The number of hydrogen-bond acceptors (Lipinski definition) is 4. The first-order valence-corrected chi connectivity index (χ1v) is 5.94. The quantitative estimate of drug-likeness (QED) is 0.690. The first-order valence-electron chi connectivity index (χ1n) is 5.94. The van der Waals surface area contributed by atoms with E-state index in [1.165, 1.54) is 7.11 Å². The van der Waals surface area contributed by atoms with E-state index in [0.29, 0.717) is 0 Å². The molecule has 1 heterocycles. The van der Waals surface area contributed by atoms with Crippen molar-refractivity contribution >= 4 is 12.0 Å². The Morgan fingerprint density at radius 2 is 1.88 bits per heavy atom. The van der Waals surface area contributed by atoms with Crippen LogP contribution in [0.5, 0.6) is 0 Å². The van der Waals surface area contributed by atoms with Gasteiger partial charge in [0.25, 0.3) is 0 Å². The highest BCUT2D eigenvalue weighted by Gasteiger charge is 2.19. The molecular weight excluding hydrogens is 224 g/mol. The largest absolute Gasteiger partial charge is 0.467 e. The SMILES string of the molecule is COC(=O)C(O)CNC(=O)N1CCCCCC1. The van der Waals surface area contributed by atoms with E-state index in [4.69, 9.17) is 0 Å². The van der Waals surface area contributed by atoms with Gasteiger partial charge in [-0.25, -0.2) is 9.59 Å². The Morgan fingerprint density at radius 1 is 1.29 bits per heavy atom. The van der Waals surface area contributed by atoms with Gasteiger partial charge in [-0.3, -0.25) is 0 Å². The van der Waals surface area contributed by atoms with Crippen LogP contribution in [0.4, 0.5) is 4.79 Å². The van der Waals surface area contributed by atoms with Gasteiger partial charge in [0, 0.05) is 13.1 Å². The van der Waals surface area contributed by atoms with Crippen molar-refractivity contribution in [1.29, 1.82) is 0 Å². The monoisotopic (exact) mass is 244 g/mol. The van der Waals surface area contributed by atoms with E-state index in [9.17, 15) is 14.7 Å². The van der Waals surface area contributed by atoms with Crippen molar-refractivity contribution in [1.82, 2.24) is 10.2 Å². The van der Waals surface area contributed by atoms with E-state index >= 15 is 0 Å². The van der Waals surface area contributed by atoms with Crippen LogP contribution in [0.2, 0.25) is 0 Å². The van der Waals surface area contributed by atoms with Crippen LogP contribution in [-0.4, -0.2) is 54.9 Å². The maximum atomic E-state index is 11.7. The van der Waals surface area contributed by atoms with Gasteiger partial charge in [-0.15, -0.1) is 0 Å². The Balaban J connectivity index is 2.30. The lowest BCUT2D eigenvalue weighted by Gasteiger charge is -2.21. The number of likely N-dealkylation sites (tertiary alicyclic amines) is 1. The zero-order chi connectivity index (χ0) is 12.7. The highest BCUT2D eigenvalue weighted by atomic mass is 16.5. The second-order valence-electron chi connectivity index (χ2n) is 4.13. The van der Waals surface area contributed by atoms with Crippen LogP contribution in [0.1, 0.15) is 25.7 Å². The van der Waals surface area contributed by atoms with E-state index in [1.807, 2.05) is 0 Å². The number of nitrogens with zero attached hydrogens (tertiary/aromatic N) is 1. The summed E-state index contributed by atoms with van der Waals surface area (Å²) in [6.45, 7) is 1.36. The number of aliphatic hydroxyl groups excluding tert-OH is 1. The molecule has 1 atom stereocenters. The van der Waals surface area contributed by atoms with Crippen LogP contribution >= 0.6 is 0 Å². The molecule has 0 aromatic carbocycles. The van der Waals surface area contributed by atoms with Crippen molar-refractivity contribution in [2.75, 3.05) is 26.7 Å². The average molecular weight is 244 g/mol. The molecule has 17 heavy (non-hydrogen) atoms. The van der Waals surface area contributed by atoms with Crippen molar-refractivity contribution in [2.24, 2.45) is 0 Å². The molecule has 2 N–H and O–H groups in total. The van der Waals surface area contributed by atoms with E-state index in [0.717, 1.165) is 38.8 Å². The maximum absolute atomic E-state index is 11.7. The van der Waals surface area contributed by atoms with Gasteiger partial charge in [-0.1, -0.05) is 12.8 Å². The summed E-state index contributed by atoms with van der Waals surface area (Å²) in [7, 11) is 1.20. The van der Waals surface area contributed by atoms with Gasteiger partial charge < -0.3 is 20.1 Å². The molecule has 6 heteroatoms. The molecule has 6 nitrogen and oxygen atoms in total. The normalized spacial score (nSPS) is 18.1. The molecule has 0 aromatic heterocycles.